The summed E-state index contributed by atoms with van der Waals surface area (Å²) < 4.78 is 0. The first kappa shape index (κ1) is 14.8. The number of nitrogens with one attached hydrogen (secondary N) is 1. The minimum absolute atomic E-state index is 0.277. The van der Waals surface area contributed by atoms with Crippen LogP contribution in [0.25, 0.3) is 10.9 Å². The second kappa shape index (κ2) is 5.10. The number of hydrogen-bond acceptors (Lipinski definition) is 4. The van der Waals surface area contributed by atoms with Crippen molar-refractivity contribution in [2.24, 2.45) is 17.8 Å². The Labute approximate surface area is 136 Å². The highest BCUT2D eigenvalue weighted by atomic mass is 16.1. The fraction of sp³-hybridized carbons (Fsp3) is 0.526. The van der Waals surface area contributed by atoms with E-state index in [0.717, 1.165) is 35.4 Å². The van der Waals surface area contributed by atoms with Gasteiger partial charge in [-0.25, -0.2) is 0 Å². The molecule has 2 aromatic heterocycles. The minimum atomic E-state index is -0.292. The number of carbonyl (C=O) groups excluding carboxylic acids is 1. The van der Waals surface area contributed by atoms with Gasteiger partial charge >= 0.3 is 0 Å². The van der Waals surface area contributed by atoms with Crippen LogP contribution in [-0.2, 0) is 10.2 Å². The van der Waals surface area contributed by atoms with Gasteiger partial charge in [-0.05, 0) is 44.0 Å². The van der Waals surface area contributed by atoms with Gasteiger partial charge < -0.3 is 5.32 Å². The lowest BCUT2D eigenvalue weighted by atomic mass is 9.81. The number of pyridine rings is 2. The molecule has 2 fully saturated rings. The van der Waals surface area contributed by atoms with Crippen molar-refractivity contribution in [3.8, 4) is 0 Å². The number of nitrogens with zero attached hydrogens (tertiary/aromatic N) is 2. The van der Waals surface area contributed by atoms with Crippen molar-refractivity contribution >= 4 is 16.7 Å². The predicted molar refractivity (Wildman–Crippen MR) is 90.3 cm³/mol. The van der Waals surface area contributed by atoms with Gasteiger partial charge in [0.05, 0.1) is 11.2 Å². The van der Waals surface area contributed by atoms with Crippen LogP contribution in [0.4, 0.5) is 0 Å². The SMILES string of the molecule is Cc1cc2cccnc2c(C(C)(C)CC(=O)C2[C@H]3CNC[C@@H]23)n1. The van der Waals surface area contributed by atoms with Crippen LogP contribution < -0.4 is 5.32 Å². The molecule has 1 saturated carbocycles. The summed E-state index contributed by atoms with van der Waals surface area (Å²) in [7, 11) is 0. The van der Waals surface area contributed by atoms with Crippen LogP contribution in [0.2, 0.25) is 0 Å². The lowest BCUT2D eigenvalue weighted by molar-refractivity contribution is -0.122. The molecule has 3 atom stereocenters. The molecular formula is C19H23N3O. The first-order chi connectivity index (χ1) is 11.0. The van der Waals surface area contributed by atoms with Crippen molar-refractivity contribution in [3.63, 3.8) is 0 Å². The van der Waals surface area contributed by atoms with Crippen LogP contribution in [0.15, 0.2) is 24.4 Å². The zero-order chi connectivity index (χ0) is 16.2. The highest BCUT2D eigenvalue weighted by Gasteiger charge is 2.56. The van der Waals surface area contributed by atoms with E-state index in [2.05, 4.69) is 36.3 Å². The second-order valence-electron chi connectivity index (χ2n) is 7.73. The largest absolute Gasteiger partial charge is 0.316 e. The molecule has 3 heterocycles. The molecule has 4 heteroatoms. The van der Waals surface area contributed by atoms with Gasteiger partial charge in [0.25, 0.3) is 0 Å². The van der Waals surface area contributed by atoms with Gasteiger partial charge in [-0.2, -0.15) is 0 Å². The Morgan fingerprint density at radius 1 is 1.35 bits per heavy atom. The van der Waals surface area contributed by atoms with Gasteiger partial charge in [0.15, 0.2) is 0 Å². The zero-order valence-electron chi connectivity index (χ0n) is 14.0. The first-order valence-electron chi connectivity index (χ1n) is 8.44. The molecule has 1 saturated heterocycles. The monoisotopic (exact) mass is 309 g/mol. The maximum absolute atomic E-state index is 12.8. The average Bonchev–Trinajstić information content (AvgIpc) is 2.99. The van der Waals surface area contributed by atoms with Gasteiger partial charge in [0, 0.05) is 35.0 Å². The molecule has 4 rings (SSSR count). The molecule has 1 N–H and O–H groups in total. The van der Waals surface area contributed by atoms with Crippen molar-refractivity contribution in [2.45, 2.75) is 32.6 Å². The third-order valence-electron chi connectivity index (χ3n) is 5.44. The molecule has 0 spiro atoms. The number of hydrogen-bond donors (Lipinski definition) is 1. The van der Waals surface area contributed by atoms with E-state index in [1.807, 2.05) is 13.0 Å². The van der Waals surface area contributed by atoms with Crippen LogP contribution in [0.1, 0.15) is 31.7 Å². The number of ketones is 1. The standard InChI is InChI=1S/C19H23N3O/c1-11-7-12-5-4-6-21-17(12)18(22-11)19(2,3)8-15(23)16-13-9-20-10-14(13)16/h4-7,13-14,16,20H,8-10H2,1-3H3/t13-,14+,16?. The van der Waals surface area contributed by atoms with E-state index in [1.165, 1.54) is 0 Å². The summed E-state index contributed by atoms with van der Waals surface area (Å²) >= 11 is 0. The maximum atomic E-state index is 12.8. The molecule has 0 amide bonds. The number of carbonyl (C=O) groups is 1. The Bertz CT molecular complexity index is 773. The Kier molecular flexibility index (Phi) is 3.27. The summed E-state index contributed by atoms with van der Waals surface area (Å²) in [6, 6.07) is 6.07. The molecule has 1 aliphatic carbocycles. The highest BCUT2D eigenvalue weighted by Crippen LogP contribution is 2.50. The van der Waals surface area contributed by atoms with E-state index in [4.69, 9.17) is 4.98 Å². The van der Waals surface area contributed by atoms with Crippen molar-refractivity contribution in [1.82, 2.24) is 15.3 Å². The normalized spacial score (nSPS) is 26.3. The van der Waals surface area contributed by atoms with Crippen molar-refractivity contribution in [3.05, 3.63) is 35.8 Å². The van der Waals surface area contributed by atoms with E-state index in [-0.39, 0.29) is 11.3 Å². The summed E-state index contributed by atoms with van der Waals surface area (Å²) in [4.78, 5) is 22.0. The molecule has 2 aliphatic rings. The van der Waals surface area contributed by atoms with Crippen LogP contribution in [0.3, 0.4) is 0 Å². The zero-order valence-corrected chi connectivity index (χ0v) is 14.0. The summed E-state index contributed by atoms with van der Waals surface area (Å²) in [6.45, 7) is 8.27. The Balaban J connectivity index is 1.64. The highest BCUT2D eigenvalue weighted by molar-refractivity contribution is 5.87. The van der Waals surface area contributed by atoms with Gasteiger partial charge in [0.2, 0.25) is 0 Å². The number of aryl methyl sites for hydroxylation is 1. The number of piperidine rings is 1. The molecule has 23 heavy (non-hydrogen) atoms. The number of aromatic nitrogens is 2. The maximum Gasteiger partial charge on any atom is 0.137 e. The third kappa shape index (κ3) is 2.45. The summed E-state index contributed by atoms with van der Waals surface area (Å²) in [5.74, 6) is 1.84. The van der Waals surface area contributed by atoms with Crippen LogP contribution in [0.5, 0.6) is 0 Å². The first-order valence-corrected chi connectivity index (χ1v) is 8.44. The number of Topliss-reactive ketones (excluding diaryl/α,β-unsaturated/α-hetero) is 1. The fourth-order valence-electron chi connectivity index (χ4n) is 4.22. The van der Waals surface area contributed by atoms with E-state index in [0.29, 0.717) is 24.0 Å². The third-order valence-corrected chi connectivity index (χ3v) is 5.44. The molecule has 0 bridgehead atoms. The summed E-state index contributed by atoms with van der Waals surface area (Å²) in [5.41, 5.74) is 2.56. The summed E-state index contributed by atoms with van der Waals surface area (Å²) in [5, 5.41) is 4.46. The average molecular weight is 309 g/mol. The Morgan fingerprint density at radius 2 is 2.09 bits per heavy atom. The lowest BCUT2D eigenvalue weighted by Gasteiger charge is -2.25. The van der Waals surface area contributed by atoms with Gasteiger partial charge in [-0.3, -0.25) is 14.8 Å². The lowest BCUT2D eigenvalue weighted by Crippen LogP contribution is -2.27. The molecule has 120 valence electrons. The van der Waals surface area contributed by atoms with Crippen LogP contribution in [0, 0.1) is 24.7 Å². The van der Waals surface area contributed by atoms with E-state index in [1.54, 1.807) is 6.20 Å². The van der Waals surface area contributed by atoms with Gasteiger partial charge in [-0.15, -0.1) is 0 Å². The van der Waals surface area contributed by atoms with Crippen LogP contribution in [-0.4, -0.2) is 28.8 Å². The predicted octanol–water partition coefficient (Wildman–Crippen LogP) is 2.64. The van der Waals surface area contributed by atoms with E-state index in [9.17, 15) is 4.79 Å². The van der Waals surface area contributed by atoms with Crippen molar-refractivity contribution in [2.75, 3.05) is 13.1 Å². The summed E-state index contributed by atoms with van der Waals surface area (Å²) in [6.07, 6.45) is 2.35. The molecule has 0 aromatic carbocycles. The number of fused-ring (bicyclic) bond motifs is 2. The molecular weight excluding hydrogens is 286 g/mol. The fourth-order valence-corrected chi connectivity index (χ4v) is 4.22. The molecule has 0 radical (unpaired) electrons. The Hall–Kier alpha value is -1.81. The molecule has 1 unspecified atom stereocenters. The van der Waals surface area contributed by atoms with Crippen molar-refractivity contribution < 1.29 is 4.79 Å². The second-order valence-corrected chi connectivity index (χ2v) is 7.73. The van der Waals surface area contributed by atoms with Crippen molar-refractivity contribution in [1.29, 1.82) is 0 Å². The Morgan fingerprint density at radius 3 is 2.83 bits per heavy atom. The van der Waals surface area contributed by atoms with Gasteiger partial charge in [0.1, 0.15) is 5.78 Å². The minimum Gasteiger partial charge on any atom is -0.316 e. The van der Waals surface area contributed by atoms with E-state index < -0.39 is 0 Å². The smallest absolute Gasteiger partial charge is 0.137 e. The molecule has 1 aliphatic heterocycles. The van der Waals surface area contributed by atoms with E-state index >= 15 is 0 Å². The quantitative estimate of drug-likeness (QED) is 0.943. The van der Waals surface area contributed by atoms with Crippen LogP contribution >= 0.6 is 0 Å². The van der Waals surface area contributed by atoms with Gasteiger partial charge in [-0.1, -0.05) is 19.9 Å². The molecule has 2 aromatic rings. The molecule has 4 nitrogen and oxygen atoms in total. The topological polar surface area (TPSA) is 54.9 Å². The number of rotatable bonds is 4.